The summed E-state index contributed by atoms with van der Waals surface area (Å²) in [5.41, 5.74) is 0.394. The molecule has 0 fully saturated rings. The van der Waals surface area contributed by atoms with E-state index in [0.29, 0.717) is 28.2 Å². The third-order valence-electron chi connectivity index (χ3n) is 4.83. The summed E-state index contributed by atoms with van der Waals surface area (Å²) in [6, 6.07) is 6.09. The molecule has 1 aromatic carbocycles. The van der Waals surface area contributed by atoms with Gasteiger partial charge in [0, 0.05) is 18.7 Å². The van der Waals surface area contributed by atoms with Gasteiger partial charge in [-0.05, 0) is 18.6 Å². The maximum Gasteiger partial charge on any atom is 0.261 e. The van der Waals surface area contributed by atoms with E-state index in [0.717, 1.165) is 0 Å². The number of aliphatic hydroxyl groups is 1. The smallest absolute Gasteiger partial charge is 0.261 e. The molecule has 2 heterocycles. The number of anilines is 1. The van der Waals surface area contributed by atoms with E-state index in [-0.39, 0.29) is 32.9 Å². The molecule has 0 bridgehead atoms. The molecule has 172 valence electrons. The molecule has 13 heteroatoms. The second-order valence-corrected chi connectivity index (χ2v) is 10.2. The Bertz CT molecular complexity index is 1210. The minimum absolute atomic E-state index is 0.0273. The van der Waals surface area contributed by atoms with E-state index in [9.17, 15) is 17.9 Å². The Balaban J connectivity index is 2.01. The van der Waals surface area contributed by atoms with Crippen LogP contribution in [0.25, 0.3) is 0 Å². The molecule has 9 nitrogen and oxygen atoms in total. The zero-order chi connectivity index (χ0) is 23.7. The van der Waals surface area contributed by atoms with Crippen LogP contribution in [0.2, 0.25) is 5.02 Å². The first-order valence-corrected chi connectivity index (χ1v) is 12.4. The summed E-state index contributed by atoms with van der Waals surface area (Å²) < 4.78 is 37.7. The van der Waals surface area contributed by atoms with E-state index in [1.54, 1.807) is 39.1 Å². The maximum atomic E-state index is 14.3. The number of primary sulfonamides is 1. The Hall–Kier alpha value is -2.09. The van der Waals surface area contributed by atoms with Crippen molar-refractivity contribution in [2.24, 2.45) is 10.1 Å². The lowest BCUT2D eigenvalue weighted by Gasteiger charge is -2.25. The molecular weight excluding hydrogens is 479 g/mol. The van der Waals surface area contributed by atoms with Crippen molar-refractivity contribution in [3.05, 3.63) is 51.9 Å². The van der Waals surface area contributed by atoms with Gasteiger partial charge in [-0.1, -0.05) is 35.5 Å². The highest BCUT2D eigenvalue weighted by Gasteiger charge is 2.39. The van der Waals surface area contributed by atoms with Crippen LogP contribution in [0.15, 0.2) is 45.6 Å². The molecule has 1 aliphatic heterocycles. The fourth-order valence-corrected chi connectivity index (χ4v) is 4.50. The molecule has 1 aliphatic rings. The maximum absolute atomic E-state index is 14.3. The van der Waals surface area contributed by atoms with Crippen LogP contribution < -0.4 is 14.9 Å². The molecule has 4 N–H and O–H groups in total. The van der Waals surface area contributed by atoms with Gasteiger partial charge < -0.3 is 10.4 Å². The van der Waals surface area contributed by atoms with Crippen molar-refractivity contribution in [1.29, 1.82) is 0 Å². The molecule has 2 unspecified atom stereocenters. The van der Waals surface area contributed by atoms with Crippen LogP contribution in [-0.2, 0) is 15.8 Å². The number of halogens is 2. The number of hydrogen-bond donors (Lipinski definition) is 3. The average Bonchev–Trinajstić information content (AvgIpc) is 3.05. The minimum atomic E-state index is -4.01. The fourth-order valence-electron chi connectivity index (χ4n) is 2.87. The van der Waals surface area contributed by atoms with Crippen molar-refractivity contribution in [3.63, 3.8) is 0 Å². The topological polar surface area (TPSA) is 131 Å². The van der Waals surface area contributed by atoms with Crippen molar-refractivity contribution in [2.75, 3.05) is 19.0 Å². The number of quaternary nitrogens is 1. The first-order chi connectivity index (χ1) is 14.9. The molecular formula is C19H23ClFN6O3S2+. The van der Waals surface area contributed by atoms with Gasteiger partial charge >= 0.3 is 0 Å². The van der Waals surface area contributed by atoms with Crippen LogP contribution in [0.5, 0.6) is 0 Å². The lowest BCUT2D eigenvalue weighted by atomic mass is 10.2. The number of aliphatic imine (C=N–C) groups is 1. The Morgan fingerprint density at radius 3 is 2.72 bits per heavy atom. The lowest BCUT2D eigenvalue weighted by Crippen LogP contribution is -2.42. The number of aromatic nitrogens is 2. The highest BCUT2D eigenvalue weighted by Crippen LogP contribution is 2.33. The zero-order valence-corrected chi connectivity index (χ0v) is 20.0. The standard InChI is InChI=1S/C19H23ClFN6O3S2/c1-11(9-28)23-15-7-16(27(3)8-17(24-12(27)2)32(22,29)30)26-19(25-15)31-10-13-5-4-6-14(20)18(13)21/h4-8,11,28H,9-10H2,1-3H3,(H2,22,29,30)(H,23,25,26)/q+1. The summed E-state index contributed by atoms with van der Waals surface area (Å²) in [5.74, 6) is 0.981. The van der Waals surface area contributed by atoms with Gasteiger partial charge in [0.1, 0.15) is 17.8 Å². The van der Waals surface area contributed by atoms with Crippen LogP contribution in [-0.4, -0.2) is 49.0 Å². The molecule has 2 atom stereocenters. The monoisotopic (exact) mass is 501 g/mol. The molecule has 0 aliphatic carbocycles. The van der Waals surface area contributed by atoms with Crippen molar-refractivity contribution in [1.82, 2.24) is 14.5 Å². The third-order valence-corrected chi connectivity index (χ3v) is 6.80. The molecule has 0 saturated carbocycles. The predicted molar refractivity (Wildman–Crippen MR) is 125 cm³/mol. The number of benzene rings is 1. The van der Waals surface area contributed by atoms with E-state index in [2.05, 4.69) is 20.3 Å². The van der Waals surface area contributed by atoms with E-state index in [4.69, 9.17) is 16.7 Å². The lowest BCUT2D eigenvalue weighted by molar-refractivity contribution is 0.281. The largest absolute Gasteiger partial charge is 0.394 e. The summed E-state index contributed by atoms with van der Waals surface area (Å²) in [7, 11) is -2.29. The Kier molecular flexibility index (Phi) is 7.22. The summed E-state index contributed by atoms with van der Waals surface area (Å²) >= 11 is 7.05. The molecule has 0 spiro atoms. The van der Waals surface area contributed by atoms with Gasteiger partial charge in [-0.2, -0.15) is 9.98 Å². The van der Waals surface area contributed by atoms with E-state index < -0.39 is 15.8 Å². The van der Waals surface area contributed by atoms with Gasteiger partial charge in [-0.25, -0.2) is 27.4 Å². The van der Waals surface area contributed by atoms with Gasteiger partial charge in [0.15, 0.2) is 5.16 Å². The van der Waals surface area contributed by atoms with Crippen molar-refractivity contribution in [2.45, 2.75) is 30.8 Å². The third kappa shape index (κ3) is 5.27. The van der Waals surface area contributed by atoms with E-state index >= 15 is 0 Å². The number of aliphatic hydroxyl groups excluding tert-OH is 1. The Morgan fingerprint density at radius 1 is 1.38 bits per heavy atom. The van der Waals surface area contributed by atoms with Crippen molar-refractivity contribution in [3.8, 4) is 0 Å². The number of nitrogens with one attached hydrogen (secondary N) is 1. The first kappa shape index (κ1) is 24.6. The number of thioether (sulfide) groups is 1. The molecule has 3 rings (SSSR count). The van der Waals surface area contributed by atoms with Crippen molar-refractivity contribution >= 4 is 50.9 Å². The Morgan fingerprint density at radius 2 is 2.09 bits per heavy atom. The van der Waals surface area contributed by atoms with Gasteiger partial charge in [0.05, 0.1) is 24.7 Å². The quantitative estimate of drug-likeness (QED) is 0.288. The normalized spacial score (nSPS) is 19.5. The van der Waals surface area contributed by atoms with Crippen molar-refractivity contribution < 1.29 is 17.9 Å². The van der Waals surface area contributed by atoms with Crippen LogP contribution in [0, 0.1) is 5.82 Å². The Labute approximate surface area is 194 Å². The molecule has 0 radical (unpaired) electrons. The number of hydrogen-bond acceptors (Lipinski definition) is 8. The van der Waals surface area contributed by atoms with E-state index in [1.165, 1.54) is 24.0 Å². The molecule has 2 aromatic rings. The second kappa shape index (κ2) is 9.41. The van der Waals surface area contributed by atoms with E-state index in [1.807, 2.05) is 0 Å². The number of nitrogens with two attached hydrogens (primary N) is 1. The molecule has 0 saturated heterocycles. The SMILES string of the molecule is CC1=NC(S(N)(=O)=O)=C[N+]1(C)c1cc(NC(C)CO)nc(SCc2cccc(Cl)c2F)n1. The number of amidine groups is 1. The fraction of sp³-hybridized carbons (Fsp3) is 0.316. The molecule has 0 amide bonds. The zero-order valence-electron chi connectivity index (χ0n) is 17.6. The summed E-state index contributed by atoms with van der Waals surface area (Å²) in [4.78, 5) is 13.1. The summed E-state index contributed by atoms with van der Waals surface area (Å²) in [5, 5.41) is 17.8. The highest BCUT2D eigenvalue weighted by molar-refractivity contribution is 7.98. The van der Waals surface area contributed by atoms with Gasteiger partial charge in [0.2, 0.25) is 16.7 Å². The second-order valence-electron chi connectivity index (χ2n) is 7.37. The predicted octanol–water partition coefficient (Wildman–Crippen LogP) is 2.81. The number of nitrogens with zero attached hydrogens (tertiary/aromatic N) is 4. The average molecular weight is 502 g/mol. The summed E-state index contributed by atoms with van der Waals surface area (Å²) in [6.07, 6.45) is 1.39. The highest BCUT2D eigenvalue weighted by atomic mass is 35.5. The number of sulfonamides is 1. The molecule has 1 aromatic heterocycles. The van der Waals surface area contributed by atoms with Crippen LogP contribution in [0.1, 0.15) is 19.4 Å². The summed E-state index contributed by atoms with van der Waals surface area (Å²) in [6.45, 7) is 3.31. The van der Waals surface area contributed by atoms with Crippen LogP contribution >= 0.6 is 23.4 Å². The minimum Gasteiger partial charge on any atom is -0.394 e. The van der Waals surface area contributed by atoms with Gasteiger partial charge in [0.25, 0.3) is 10.0 Å². The van der Waals surface area contributed by atoms with Gasteiger partial charge in [-0.15, -0.1) is 0 Å². The number of rotatable bonds is 8. The molecule has 32 heavy (non-hydrogen) atoms. The van der Waals surface area contributed by atoms with Gasteiger partial charge in [-0.3, -0.25) is 0 Å². The first-order valence-electron chi connectivity index (χ1n) is 9.44. The van der Waals surface area contributed by atoms with Crippen LogP contribution in [0.4, 0.5) is 16.0 Å². The van der Waals surface area contributed by atoms with Crippen LogP contribution in [0.3, 0.4) is 0 Å².